The predicted molar refractivity (Wildman–Crippen MR) is 78.4 cm³/mol. The second-order valence-corrected chi connectivity index (χ2v) is 5.33. The highest BCUT2D eigenvalue weighted by Crippen LogP contribution is 2.30. The quantitative estimate of drug-likeness (QED) is 0.435. The highest BCUT2D eigenvalue weighted by atomic mass is 32.2. The van der Waals surface area contributed by atoms with E-state index < -0.39 is 0 Å². The van der Waals surface area contributed by atoms with E-state index in [1.165, 1.54) is 31.0 Å². The number of rotatable bonds is 5. The summed E-state index contributed by atoms with van der Waals surface area (Å²) < 4.78 is 0. The lowest BCUT2D eigenvalue weighted by Gasteiger charge is -2.24. The Morgan fingerprint density at radius 1 is 1.32 bits per heavy atom. The molecule has 0 aromatic carbocycles. The summed E-state index contributed by atoms with van der Waals surface area (Å²) in [5, 5.41) is 6.57. The molecule has 1 aliphatic rings. The smallest absolute Gasteiger partial charge is 0.211 e. The molecule has 4 N–H and O–H groups in total. The molecule has 104 valence electrons. The summed E-state index contributed by atoms with van der Waals surface area (Å²) in [7, 11) is 0. The van der Waals surface area contributed by atoms with Crippen LogP contribution in [0.4, 0.5) is 17.3 Å². The molecule has 1 fully saturated rings. The van der Waals surface area contributed by atoms with E-state index in [0.717, 1.165) is 12.8 Å². The molecule has 0 aliphatic heterocycles. The Kier molecular flexibility index (Phi) is 4.84. The molecule has 19 heavy (non-hydrogen) atoms. The van der Waals surface area contributed by atoms with Gasteiger partial charge in [0, 0.05) is 6.04 Å². The molecule has 1 aromatic rings. The maximum atomic E-state index is 10.7. The molecule has 0 atom stereocenters. The van der Waals surface area contributed by atoms with Crippen LogP contribution in [0.15, 0.2) is 5.16 Å². The van der Waals surface area contributed by atoms with Crippen LogP contribution >= 0.6 is 11.8 Å². The van der Waals surface area contributed by atoms with E-state index in [1.807, 2.05) is 6.26 Å². The first kappa shape index (κ1) is 13.9. The number of nitrogens with two attached hydrogens (primary N) is 1. The third kappa shape index (κ3) is 3.50. The topological polar surface area (TPSA) is 92.9 Å². The van der Waals surface area contributed by atoms with Gasteiger partial charge in [-0.2, -0.15) is 0 Å². The van der Waals surface area contributed by atoms with Gasteiger partial charge in [-0.25, -0.2) is 9.97 Å². The van der Waals surface area contributed by atoms with Gasteiger partial charge in [0.05, 0.1) is 0 Å². The van der Waals surface area contributed by atoms with Crippen LogP contribution in [0.3, 0.4) is 0 Å². The first-order chi connectivity index (χ1) is 9.24. The summed E-state index contributed by atoms with van der Waals surface area (Å²) in [5.41, 5.74) is 6.33. The minimum Gasteiger partial charge on any atom is -0.382 e. The standard InChI is InChI=1S/C12H19N5OS/c1-19-12-16-10(13)9(14-7-18)11(17-12)15-8-5-3-2-4-6-8/h7-8H,2-6H2,1H3,(H,14,18)(H3,13,15,16,17). The van der Waals surface area contributed by atoms with Crippen molar-refractivity contribution in [2.75, 3.05) is 22.6 Å². The van der Waals surface area contributed by atoms with E-state index in [1.54, 1.807) is 0 Å². The Hall–Kier alpha value is -1.50. The van der Waals surface area contributed by atoms with Gasteiger partial charge in [0.1, 0.15) is 5.69 Å². The summed E-state index contributed by atoms with van der Waals surface area (Å²) in [4.78, 5) is 19.2. The van der Waals surface area contributed by atoms with Crippen molar-refractivity contribution in [3.8, 4) is 0 Å². The first-order valence-corrected chi connectivity index (χ1v) is 7.65. The molecule has 0 bridgehead atoms. The molecule has 1 aliphatic carbocycles. The summed E-state index contributed by atoms with van der Waals surface area (Å²) in [5.74, 6) is 0.917. The molecule has 1 aromatic heterocycles. The average molecular weight is 281 g/mol. The maximum Gasteiger partial charge on any atom is 0.211 e. The van der Waals surface area contributed by atoms with Crippen LogP contribution < -0.4 is 16.4 Å². The lowest BCUT2D eigenvalue weighted by atomic mass is 9.95. The molecule has 7 heteroatoms. The van der Waals surface area contributed by atoms with Gasteiger partial charge in [0.25, 0.3) is 0 Å². The third-order valence-electron chi connectivity index (χ3n) is 3.25. The van der Waals surface area contributed by atoms with E-state index in [2.05, 4.69) is 20.6 Å². The maximum absolute atomic E-state index is 10.7. The molecule has 2 rings (SSSR count). The zero-order chi connectivity index (χ0) is 13.7. The van der Waals surface area contributed by atoms with E-state index in [-0.39, 0.29) is 0 Å². The first-order valence-electron chi connectivity index (χ1n) is 6.43. The van der Waals surface area contributed by atoms with Gasteiger partial charge in [-0.05, 0) is 19.1 Å². The molecular formula is C12H19N5OS. The van der Waals surface area contributed by atoms with Crippen molar-refractivity contribution in [2.24, 2.45) is 0 Å². The molecule has 1 heterocycles. The Labute approximate surface area is 117 Å². The summed E-state index contributed by atoms with van der Waals surface area (Å²) in [6, 6.07) is 0.393. The third-order valence-corrected chi connectivity index (χ3v) is 3.80. The van der Waals surface area contributed by atoms with Crippen LogP contribution in [-0.4, -0.2) is 28.7 Å². The Bertz CT molecular complexity index is 448. The van der Waals surface area contributed by atoms with Crippen LogP contribution in [0, 0.1) is 0 Å². The van der Waals surface area contributed by atoms with Crippen molar-refractivity contribution in [3.63, 3.8) is 0 Å². The number of amides is 1. The fourth-order valence-electron chi connectivity index (χ4n) is 2.29. The van der Waals surface area contributed by atoms with Gasteiger partial charge in [-0.1, -0.05) is 31.0 Å². The second kappa shape index (κ2) is 6.60. The summed E-state index contributed by atoms with van der Waals surface area (Å²) in [6.07, 6.45) is 8.48. The highest BCUT2D eigenvalue weighted by molar-refractivity contribution is 7.98. The van der Waals surface area contributed by atoms with E-state index in [9.17, 15) is 4.79 Å². The fraction of sp³-hybridized carbons (Fsp3) is 0.583. The number of hydrogen-bond donors (Lipinski definition) is 3. The van der Waals surface area contributed by atoms with Crippen LogP contribution in [0.2, 0.25) is 0 Å². The number of anilines is 3. The van der Waals surface area contributed by atoms with Crippen LogP contribution in [-0.2, 0) is 4.79 Å². The zero-order valence-corrected chi connectivity index (χ0v) is 11.8. The van der Waals surface area contributed by atoms with Crippen molar-refractivity contribution in [1.82, 2.24) is 9.97 Å². The van der Waals surface area contributed by atoms with Crippen LogP contribution in [0.1, 0.15) is 32.1 Å². The molecule has 1 amide bonds. The Morgan fingerprint density at radius 2 is 2.05 bits per heavy atom. The number of carbonyl (C=O) groups is 1. The van der Waals surface area contributed by atoms with E-state index >= 15 is 0 Å². The Morgan fingerprint density at radius 3 is 2.68 bits per heavy atom. The normalized spacial score (nSPS) is 16.1. The fourth-order valence-corrected chi connectivity index (χ4v) is 2.67. The van der Waals surface area contributed by atoms with E-state index in [4.69, 9.17) is 5.73 Å². The summed E-state index contributed by atoms with van der Waals surface area (Å²) >= 11 is 1.43. The van der Waals surface area contributed by atoms with Crippen molar-refractivity contribution < 1.29 is 4.79 Å². The number of nitrogens with zero attached hydrogens (tertiary/aromatic N) is 2. The summed E-state index contributed by atoms with van der Waals surface area (Å²) in [6.45, 7) is 0. The number of nitrogen functional groups attached to an aromatic ring is 1. The lowest BCUT2D eigenvalue weighted by molar-refractivity contribution is -0.105. The number of nitrogens with one attached hydrogen (secondary N) is 2. The Balaban J connectivity index is 2.24. The zero-order valence-electron chi connectivity index (χ0n) is 11.0. The monoisotopic (exact) mass is 281 g/mol. The van der Waals surface area contributed by atoms with Crippen molar-refractivity contribution in [3.05, 3.63) is 0 Å². The SMILES string of the molecule is CSc1nc(N)c(NC=O)c(NC2CCCCC2)n1. The lowest BCUT2D eigenvalue weighted by Crippen LogP contribution is -2.24. The number of aromatic nitrogens is 2. The molecule has 0 radical (unpaired) electrons. The molecule has 1 saturated carbocycles. The number of carbonyl (C=O) groups excluding carboxylic acids is 1. The predicted octanol–water partition coefficient (Wildman–Crippen LogP) is 2.09. The largest absolute Gasteiger partial charge is 0.382 e. The van der Waals surface area contributed by atoms with Crippen molar-refractivity contribution >= 4 is 35.5 Å². The van der Waals surface area contributed by atoms with Gasteiger partial charge in [0.15, 0.2) is 16.8 Å². The molecular weight excluding hydrogens is 262 g/mol. The molecule has 0 spiro atoms. The minimum atomic E-state index is 0.296. The molecule has 6 nitrogen and oxygen atoms in total. The second-order valence-electron chi connectivity index (χ2n) is 4.56. The number of thioether (sulfide) groups is 1. The van der Waals surface area contributed by atoms with Gasteiger partial charge in [-0.15, -0.1) is 0 Å². The van der Waals surface area contributed by atoms with Gasteiger partial charge >= 0.3 is 0 Å². The average Bonchev–Trinajstić information content (AvgIpc) is 2.43. The highest BCUT2D eigenvalue weighted by Gasteiger charge is 2.18. The minimum absolute atomic E-state index is 0.296. The molecule has 0 unspecified atom stereocenters. The number of hydrogen-bond acceptors (Lipinski definition) is 6. The molecule has 0 saturated heterocycles. The van der Waals surface area contributed by atoms with Crippen LogP contribution in [0.5, 0.6) is 0 Å². The van der Waals surface area contributed by atoms with Crippen molar-refractivity contribution in [1.29, 1.82) is 0 Å². The van der Waals surface area contributed by atoms with Gasteiger partial charge < -0.3 is 16.4 Å². The van der Waals surface area contributed by atoms with Crippen molar-refractivity contribution in [2.45, 2.75) is 43.3 Å². The van der Waals surface area contributed by atoms with E-state index in [0.29, 0.717) is 34.9 Å². The van der Waals surface area contributed by atoms with Crippen LogP contribution in [0.25, 0.3) is 0 Å². The van der Waals surface area contributed by atoms with Gasteiger partial charge in [-0.3, -0.25) is 4.79 Å². The van der Waals surface area contributed by atoms with Gasteiger partial charge in [0.2, 0.25) is 6.41 Å².